The van der Waals surface area contributed by atoms with Gasteiger partial charge < -0.3 is 14.0 Å². The minimum absolute atomic E-state index is 0.265. The molecule has 4 aromatic rings. The lowest BCUT2D eigenvalue weighted by Gasteiger charge is -2.11. The fraction of sp³-hybridized carbons (Fsp3) is 0.192. The first-order chi connectivity index (χ1) is 17.4. The molecule has 0 N–H and O–H groups in total. The topological polar surface area (TPSA) is 103 Å². The number of benzene rings is 2. The highest BCUT2D eigenvalue weighted by Crippen LogP contribution is 2.29. The smallest absolute Gasteiger partial charge is 0.316 e. The molecule has 0 atom stereocenters. The second kappa shape index (κ2) is 11.0. The number of thioether (sulfide) groups is 1. The van der Waals surface area contributed by atoms with Crippen LogP contribution in [-0.2, 0) is 19.2 Å². The quantitative estimate of drug-likeness (QED) is 0.254. The van der Waals surface area contributed by atoms with Gasteiger partial charge in [-0.3, -0.25) is 4.79 Å². The van der Waals surface area contributed by atoms with Gasteiger partial charge in [0, 0.05) is 43.4 Å². The fourth-order valence-corrected chi connectivity index (χ4v) is 4.27. The van der Waals surface area contributed by atoms with E-state index in [1.165, 1.54) is 31.0 Å². The zero-order valence-corrected chi connectivity index (χ0v) is 20.7. The molecule has 0 saturated heterocycles. The Hall–Kier alpha value is -4.23. The highest BCUT2D eigenvalue weighted by atomic mass is 32.2. The van der Waals surface area contributed by atoms with Gasteiger partial charge in [0.05, 0.1) is 12.7 Å². The molecule has 0 aliphatic carbocycles. The summed E-state index contributed by atoms with van der Waals surface area (Å²) in [5.41, 5.74) is 2.67. The van der Waals surface area contributed by atoms with Gasteiger partial charge in [0.15, 0.2) is 5.16 Å². The van der Waals surface area contributed by atoms with E-state index in [1.807, 2.05) is 13.1 Å². The summed E-state index contributed by atoms with van der Waals surface area (Å²) in [6.07, 6.45) is 5.34. The zero-order valence-electron chi connectivity index (χ0n) is 19.9. The largest absolute Gasteiger partial charge is 0.467 e. The minimum Gasteiger partial charge on any atom is -0.467 e. The van der Waals surface area contributed by atoms with E-state index in [1.54, 1.807) is 48.3 Å². The molecule has 0 unspecified atom stereocenters. The third-order valence-electron chi connectivity index (χ3n) is 5.27. The molecule has 0 bridgehead atoms. The first-order valence-corrected chi connectivity index (χ1v) is 11.9. The van der Waals surface area contributed by atoms with Crippen LogP contribution in [0.25, 0.3) is 0 Å². The Morgan fingerprint density at radius 2 is 1.92 bits per heavy atom. The van der Waals surface area contributed by atoms with Crippen LogP contribution in [0, 0.1) is 24.1 Å². The van der Waals surface area contributed by atoms with E-state index in [4.69, 9.17) is 9.47 Å². The number of hydrogen-bond donors (Lipinski definition) is 0. The SMILES string of the molecule is COc1ncc(Cc2cn(C)c(SCc3ccc(Oc4ccc(F)c(C)c4)c(C#N)c3)nc2=O)cn1. The van der Waals surface area contributed by atoms with Crippen molar-refractivity contribution in [1.82, 2.24) is 19.5 Å². The van der Waals surface area contributed by atoms with Crippen LogP contribution in [0.15, 0.2) is 64.9 Å². The van der Waals surface area contributed by atoms with Crippen LogP contribution in [0.3, 0.4) is 0 Å². The Balaban J connectivity index is 1.45. The maximum atomic E-state index is 13.5. The summed E-state index contributed by atoms with van der Waals surface area (Å²) in [5.74, 6) is 1.01. The van der Waals surface area contributed by atoms with Crippen molar-refractivity contribution in [3.05, 3.63) is 99.0 Å². The second-order valence-electron chi connectivity index (χ2n) is 7.96. The Morgan fingerprint density at radius 3 is 2.61 bits per heavy atom. The van der Waals surface area contributed by atoms with E-state index in [2.05, 4.69) is 21.0 Å². The van der Waals surface area contributed by atoms with Crippen molar-refractivity contribution in [3.8, 4) is 23.6 Å². The van der Waals surface area contributed by atoms with E-state index in [0.29, 0.717) is 45.5 Å². The first-order valence-electron chi connectivity index (χ1n) is 10.9. The van der Waals surface area contributed by atoms with Gasteiger partial charge in [0.25, 0.3) is 5.56 Å². The molecule has 0 aliphatic rings. The van der Waals surface area contributed by atoms with Crippen molar-refractivity contribution in [2.45, 2.75) is 24.3 Å². The molecule has 0 radical (unpaired) electrons. The van der Waals surface area contributed by atoms with Gasteiger partial charge in [0.2, 0.25) is 0 Å². The predicted octanol–water partition coefficient (Wildman–Crippen LogP) is 4.57. The number of aromatic nitrogens is 4. The van der Waals surface area contributed by atoms with Crippen LogP contribution in [0.1, 0.15) is 27.8 Å². The van der Waals surface area contributed by atoms with Gasteiger partial charge in [0.1, 0.15) is 23.4 Å². The van der Waals surface area contributed by atoms with Gasteiger partial charge in [-0.1, -0.05) is 17.8 Å². The average Bonchev–Trinajstić information content (AvgIpc) is 2.88. The van der Waals surface area contributed by atoms with E-state index in [9.17, 15) is 14.4 Å². The first kappa shape index (κ1) is 24.9. The molecule has 0 saturated carbocycles. The van der Waals surface area contributed by atoms with E-state index < -0.39 is 0 Å². The molecular weight excluding hydrogens is 481 g/mol. The van der Waals surface area contributed by atoms with E-state index in [0.717, 1.165) is 11.1 Å². The van der Waals surface area contributed by atoms with Crippen molar-refractivity contribution in [2.75, 3.05) is 7.11 Å². The van der Waals surface area contributed by atoms with E-state index >= 15 is 0 Å². The molecule has 2 heterocycles. The number of aryl methyl sites for hydroxylation is 2. The van der Waals surface area contributed by atoms with Gasteiger partial charge in [-0.25, -0.2) is 14.4 Å². The van der Waals surface area contributed by atoms with Crippen LogP contribution in [-0.4, -0.2) is 26.6 Å². The summed E-state index contributed by atoms with van der Waals surface area (Å²) in [6, 6.07) is 12.1. The lowest BCUT2D eigenvalue weighted by molar-refractivity contribution is 0.379. The molecule has 0 spiro atoms. The van der Waals surface area contributed by atoms with Crippen LogP contribution in [0.4, 0.5) is 4.39 Å². The van der Waals surface area contributed by atoms with Crippen LogP contribution in [0.5, 0.6) is 17.5 Å². The molecule has 4 rings (SSSR count). The number of ether oxygens (including phenoxy) is 2. The average molecular weight is 504 g/mol. The van der Waals surface area contributed by atoms with E-state index in [-0.39, 0.29) is 17.4 Å². The van der Waals surface area contributed by atoms with Crippen molar-refractivity contribution in [3.63, 3.8) is 0 Å². The molecule has 182 valence electrons. The summed E-state index contributed by atoms with van der Waals surface area (Å²) in [5, 5.41) is 10.1. The summed E-state index contributed by atoms with van der Waals surface area (Å²) in [4.78, 5) is 25.0. The number of nitrogens with zero attached hydrogens (tertiary/aromatic N) is 5. The Kier molecular flexibility index (Phi) is 7.61. The molecule has 2 aromatic heterocycles. The summed E-state index contributed by atoms with van der Waals surface area (Å²) in [6.45, 7) is 1.65. The number of rotatable bonds is 8. The third-order valence-corrected chi connectivity index (χ3v) is 6.39. The van der Waals surface area contributed by atoms with Crippen molar-refractivity contribution in [2.24, 2.45) is 7.05 Å². The zero-order chi connectivity index (χ0) is 25.7. The molecule has 0 aliphatic heterocycles. The second-order valence-corrected chi connectivity index (χ2v) is 8.91. The molecule has 36 heavy (non-hydrogen) atoms. The standard InChI is InChI=1S/C26H22FN5O3S/c1-16-8-21(5-6-22(16)27)35-23-7-4-17(9-19(23)11-28)15-36-26-31-24(33)20(14-32(26)2)10-18-12-29-25(34-3)30-13-18/h4-9,12-14H,10,15H2,1-3H3. The van der Waals surface area contributed by atoms with Crippen LogP contribution in [0.2, 0.25) is 0 Å². The normalized spacial score (nSPS) is 10.6. The molecular formula is C26H22FN5O3S. The van der Waals surface area contributed by atoms with Gasteiger partial charge in [-0.15, -0.1) is 0 Å². The Bertz CT molecular complexity index is 1500. The predicted molar refractivity (Wildman–Crippen MR) is 133 cm³/mol. The molecule has 8 nitrogen and oxygen atoms in total. The Morgan fingerprint density at radius 1 is 1.14 bits per heavy atom. The minimum atomic E-state index is -0.318. The number of hydrogen-bond acceptors (Lipinski definition) is 8. The van der Waals surface area contributed by atoms with Crippen molar-refractivity contribution in [1.29, 1.82) is 5.26 Å². The Labute approximate surface area is 211 Å². The van der Waals surface area contributed by atoms with Gasteiger partial charge in [-0.2, -0.15) is 10.2 Å². The summed E-state index contributed by atoms with van der Waals surface area (Å²) >= 11 is 1.39. The van der Waals surface area contributed by atoms with Crippen LogP contribution >= 0.6 is 11.8 Å². The lowest BCUT2D eigenvalue weighted by Crippen LogP contribution is -2.18. The molecule has 10 heteroatoms. The molecule has 0 amide bonds. The fourth-order valence-electron chi connectivity index (χ4n) is 3.40. The summed E-state index contributed by atoms with van der Waals surface area (Å²) in [7, 11) is 3.31. The van der Waals surface area contributed by atoms with Crippen molar-refractivity contribution >= 4 is 11.8 Å². The number of halogens is 1. The highest BCUT2D eigenvalue weighted by Gasteiger charge is 2.12. The summed E-state index contributed by atoms with van der Waals surface area (Å²) < 4.78 is 26.1. The van der Waals surface area contributed by atoms with Gasteiger partial charge in [-0.05, 0) is 53.9 Å². The molecule has 0 fully saturated rings. The van der Waals surface area contributed by atoms with Crippen molar-refractivity contribution < 1.29 is 13.9 Å². The molecule has 2 aromatic carbocycles. The number of methoxy groups -OCH3 is 1. The maximum absolute atomic E-state index is 13.5. The maximum Gasteiger partial charge on any atom is 0.316 e. The van der Waals surface area contributed by atoms with Gasteiger partial charge >= 0.3 is 6.01 Å². The monoisotopic (exact) mass is 503 g/mol. The third kappa shape index (κ3) is 5.87. The number of nitriles is 1. The lowest BCUT2D eigenvalue weighted by atomic mass is 10.1. The van der Waals surface area contributed by atoms with Crippen LogP contribution < -0.4 is 15.0 Å². The highest BCUT2D eigenvalue weighted by molar-refractivity contribution is 7.98.